The fourth-order valence-electron chi connectivity index (χ4n) is 2.94. The lowest BCUT2D eigenvalue weighted by Crippen LogP contribution is -2.51. The second-order valence-electron chi connectivity index (χ2n) is 5.30. The van der Waals surface area contributed by atoms with Gasteiger partial charge in [0.1, 0.15) is 0 Å². The summed E-state index contributed by atoms with van der Waals surface area (Å²) in [7, 11) is 0. The minimum atomic E-state index is -1.23. The maximum absolute atomic E-state index is 12.4. The molecule has 6 heteroatoms. The Hall–Kier alpha value is -1.14. The van der Waals surface area contributed by atoms with Crippen molar-refractivity contribution in [1.29, 1.82) is 0 Å². The smallest absolute Gasteiger partial charge is 0.323 e. The van der Waals surface area contributed by atoms with Crippen LogP contribution >= 0.6 is 0 Å². The molecule has 1 fully saturated rings. The molecule has 0 radical (unpaired) electrons. The van der Waals surface area contributed by atoms with E-state index in [0.29, 0.717) is 38.9 Å². The van der Waals surface area contributed by atoms with Crippen LogP contribution in [0.2, 0.25) is 0 Å². The maximum Gasteiger partial charge on any atom is 0.323 e. The number of ether oxygens (including phenoxy) is 4. The molecule has 1 aliphatic rings. The van der Waals surface area contributed by atoms with Crippen LogP contribution in [0.5, 0.6) is 0 Å². The lowest BCUT2D eigenvalue weighted by atomic mass is 9.71. The zero-order valence-corrected chi connectivity index (χ0v) is 14.1. The van der Waals surface area contributed by atoms with Gasteiger partial charge in [-0.1, -0.05) is 0 Å². The molecule has 0 heterocycles. The van der Waals surface area contributed by atoms with Crippen LogP contribution in [0.3, 0.4) is 0 Å². The molecule has 128 valence electrons. The molecule has 22 heavy (non-hydrogen) atoms. The molecule has 0 aromatic rings. The quantitative estimate of drug-likeness (QED) is 0.389. The van der Waals surface area contributed by atoms with E-state index >= 15 is 0 Å². The summed E-state index contributed by atoms with van der Waals surface area (Å²) in [6.07, 6.45) is 1.55. The SMILES string of the molecule is CCOC(=O)C1(C(=O)OCC)CCC(OCC)(OCC)CC1. The Morgan fingerprint density at radius 1 is 0.727 bits per heavy atom. The Morgan fingerprint density at radius 3 is 1.45 bits per heavy atom. The molecule has 1 saturated carbocycles. The molecule has 0 aromatic heterocycles. The van der Waals surface area contributed by atoms with E-state index in [-0.39, 0.29) is 13.2 Å². The van der Waals surface area contributed by atoms with Gasteiger partial charge < -0.3 is 18.9 Å². The standard InChI is InChI=1S/C16H28O6/c1-5-19-13(17)15(14(18)20-6-2)9-11-16(12-10-15,21-7-3)22-8-4/h5-12H2,1-4H3. The van der Waals surface area contributed by atoms with Crippen molar-refractivity contribution in [2.24, 2.45) is 5.41 Å². The lowest BCUT2D eigenvalue weighted by molar-refractivity contribution is -0.258. The second-order valence-corrected chi connectivity index (χ2v) is 5.30. The van der Waals surface area contributed by atoms with Crippen LogP contribution in [0.15, 0.2) is 0 Å². The van der Waals surface area contributed by atoms with E-state index in [4.69, 9.17) is 18.9 Å². The first kappa shape index (κ1) is 18.9. The predicted molar refractivity (Wildman–Crippen MR) is 80.2 cm³/mol. The van der Waals surface area contributed by atoms with E-state index in [0.717, 1.165) is 0 Å². The highest BCUT2D eigenvalue weighted by atomic mass is 16.7. The Labute approximate surface area is 132 Å². The first-order chi connectivity index (χ1) is 10.5. The summed E-state index contributed by atoms with van der Waals surface area (Å²) in [6.45, 7) is 8.77. The van der Waals surface area contributed by atoms with E-state index in [1.807, 2.05) is 13.8 Å². The van der Waals surface area contributed by atoms with Crippen molar-refractivity contribution in [1.82, 2.24) is 0 Å². The van der Waals surface area contributed by atoms with E-state index in [2.05, 4.69) is 0 Å². The summed E-state index contributed by atoms with van der Waals surface area (Å²) in [6, 6.07) is 0. The van der Waals surface area contributed by atoms with E-state index < -0.39 is 23.1 Å². The number of esters is 2. The van der Waals surface area contributed by atoms with E-state index in [1.54, 1.807) is 13.8 Å². The van der Waals surface area contributed by atoms with Gasteiger partial charge in [-0.05, 0) is 40.5 Å². The van der Waals surface area contributed by atoms with Crippen molar-refractivity contribution in [2.75, 3.05) is 26.4 Å². The minimum Gasteiger partial charge on any atom is -0.465 e. The first-order valence-electron chi connectivity index (χ1n) is 8.12. The highest BCUT2D eigenvalue weighted by Crippen LogP contribution is 2.45. The van der Waals surface area contributed by atoms with Crippen LogP contribution in [0.25, 0.3) is 0 Å². The average Bonchev–Trinajstić information content (AvgIpc) is 2.49. The fraction of sp³-hybridized carbons (Fsp3) is 0.875. The normalized spacial score (nSPS) is 19.5. The van der Waals surface area contributed by atoms with Gasteiger partial charge in [-0.25, -0.2) is 0 Å². The van der Waals surface area contributed by atoms with Crippen molar-refractivity contribution < 1.29 is 28.5 Å². The van der Waals surface area contributed by atoms with Crippen molar-refractivity contribution >= 4 is 11.9 Å². The molecule has 0 spiro atoms. The molecular formula is C16H28O6. The highest BCUT2D eigenvalue weighted by molar-refractivity contribution is 6.00. The molecule has 0 saturated heterocycles. The summed E-state index contributed by atoms with van der Waals surface area (Å²) < 4.78 is 21.8. The molecule has 0 N–H and O–H groups in total. The Balaban J connectivity index is 2.94. The molecule has 1 rings (SSSR count). The number of rotatable bonds is 8. The van der Waals surface area contributed by atoms with Gasteiger partial charge in [-0.3, -0.25) is 9.59 Å². The zero-order chi connectivity index (χ0) is 16.6. The molecule has 0 unspecified atom stereocenters. The number of carbonyl (C=O) groups excluding carboxylic acids is 2. The van der Waals surface area contributed by atoms with Crippen LogP contribution in [0.1, 0.15) is 53.4 Å². The Morgan fingerprint density at radius 2 is 1.14 bits per heavy atom. The van der Waals surface area contributed by atoms with Gasteiger partial charge in [0.05, 0.1) is 13.2 Å². The van der Waals surface area contributed by atoms with Crippen LogP contribution in [0.4, 0.5) is 0 Å². The minimum absolute atomic E-state index is 0.238. The van der Waals surface area contributed by atoms with Gasteiger partial charge in [0.15, 0.2) is 11.2 Å². The summed E-state index contributed by atoms with van der Waals surface area (Å²) in [5.41, 5.74) is -1.23. The average molecular weight is 316 g/mol. The number of hydrogen-bond acceptors (Lipinski definition) is 6. The maximum atomic E-state index is 12.4. The van der Waals surface area contributed by atoms with Gasteiger partial charge in [0, 0.05) is 26.1 Å². The van der Waals surface area contributed by atoms with Crippen molar-refractivity contribution in [3.8, 4) is 0 Å². The van der Waals surface area contributed by atoms with Gasteiger partial charge in [0.2, 0.25) is 0 Å². The molecule has 0 bridgehead atoms. The number of carbonyl (C=O) groups is 2. The third-order valence-corrected chi connectivity index (χ3v) is 4.01. The van der Waals surface area contributed by atoms with Gasteiger partial charge in [-0.2, -0.15) is 0 Å². The monoisotopic (exact) mass is 316 g/mol. The second kappa shape index (κ2) is 8.48. The van der Waals surface area contributed by atoms with Crippen LogP contribution < -0.4 is 0 Å². The largest absolute Gasteiger partial charge is 0.465 e. The molecular weight excluding hydrogens is 288 g/mol. The van der Waals surface area contributed by atoms with Crippen molar-refractivity contribution in [3.63, 3.8) is 0 Å². The fourth-order valence-corrected chi connectivity index (χ4v) is 2.94. The van der Waals surface area contributed by atoms with E-state index in [9.17, 15) is 9.59 Å². The predicted octanol–water partition coefficient (Wildman–Crippen LogP) is 2.44. The van der Waals surface area contributed by atoms with Crippen LogP contribution in [-0.4, -0.2) is 44.2 Å². The molecule has 0 aliphatic heterocycles. The molecule has 6 nitrogen and oxygen atoms in total. The van der Waals surface area contributed by atoms with Gasteiger partial charge in [-0.15, -0.1) is 0 Å². The molecule has 0 atom stereocenters. The van der Waals surface area contributed by atoms with Crippen LogP contribution in [0, 0.1) is 5.41 Å². The third-order valence-electron chi connectivity index (χ3n) is 4.01. The van der Waals surface area contributed by atoms with Gasteiger partial charge >= 0.3 is 11.9 Å². The van der Waals surface area contributed by atoms with Crippen molar-refractivity contribution in [2.45, 2.75) is 59.2 Å². The highest BCUT2D eigenvalue weighted by Gasteiger charge is 2.55. The van der Waals surface area contributed by atoms with Gasteiger partial charge in [0.25, 0.3) is 0 Å². The molecule has 0 amide bonds. The first-order valence-corrected chi connectivity index (χ1v) is 8.12. The Kier molecular flexibility index (Phi) is 7.29. The number of hydrogen-bond donors (Lipinski definition) is 0. The lowest BCUT2D eigenvalue weighted by Gasteiger charge is -2.42. The third kappa shape index (κ3) is 3.98. The van der Waals surface area contributed by atoms with Crippen LogP contribution in [-0.2, 0) is 28.5 Å². The summed E-state index contributed by atoms with van der Waals surface area (Å²) in [4.78, 5) is 24.7. The summed E-state index contributed by atoms with van der Waals surface area (Å²) in [5.74, 6) is -1.73. The van der Waals surface area contributed by atoms with Crippen molar-refractivity contribution in [3.05, 3.63) is 0 Å². The molecule has 1 aliphatic carbocycles. The topological polar surface area (TPSA) is 71.1 Å². The van der Waals surface area contributed by atoms with E-state index in [1.165, 1.54) is 0 Å². The summed E-state index contributed by atoms with van der Waals surface area (Å²) >= 11 is 0. The zero-order valence-electron chi connectivity index (χ0n) is 14.1. The Bertz CT molecular complexity index is 343. The molecule has 0 aromatic carbocycles. The summed E-state index contributed by atoms with van der Waals surface area (Å²) in [5, 5.41) is 0.